The van der Waals surface area contributed by atoms with Crippen molar-refractivity contribution in [2.24, 2.45) is 0 Å². The molecule has 0 aliphatic rings. The normalized spacial score (nSPS) is 12.2. The van der Waals surface area contributed by atoms with Crippen LogP contribution in [0, 0.1) is 0 Å². The zero-order valence-corrected chi connectivity index (χ0v) is 13.0. The second kappa shape index (κ2) is 5.76. The van der Waals surface area contributed by atoms with Crippen molar-refractivity contribution in [3.05, 3.63) is 57.0 Å². The van der Waals surface area contributed by atoms with Crippen LogP contribution in [0.25, 0.3) is 0 Å². The molecular weight excluding hydrogens is 358 g/mol. The summed E-state index contributed by atoms with van der Waals surface area (Å²) in [6.07, 6.45) is 0. The summed E-state index contributed by atoms with van der Waals surface area (Å²) in [5.74, 6) is 0.285. The molecule has 18 heavy (non-hydrogen) atoms. The highest BCUT2D eigenvalue weighted by Gasteiger charge is 2.10. The highest BCUT2D eigenvalue weighted by Crippen LogP contribution is 2.33. The maximum Gasteiger partial charge on any atom is 0.115 e. The number of phenols is 1. The van der Waals surface area contributed by atoms with E-state index >= 15 is 0 Å². The summed E-state index contributed by atoms with van der Waals surface area (Å²) >= 11 is 7.04. The molecule has 0 spiro atoms. The second-order valence-electron chi connectivity index (χ2n) is 4.06. The predicted octanol–water partition coefficient (Wildman–Crippen LogP) is 5.09. The van der Waals surface area contributed by atoms with Gasteiger partial charge >= 0.3 is 0 Å². The summed E-state index contributed by atoms with van der Waals surface area (Å²) in [6.45, 7) is 2.06. The number of benzene rings is 2. The molecule has 4 heteroatoms. The SMILES string of the molecule is CC(Nc1c(Br)cccc1Br)c1cccc(O)c1. The van der Waals surface area contributed by atoms with Crippen LogP contribution < -0.4 is 5.32 Å². The van der Waals surface area contributed by atoms with E-state index in [9.17, 15) is 5.11 Å². The number of halogens is 2. The summed E-state index contributed by atoms with van der Waals surface area (Å²) < 4.78 is 2.01. The molecule has 2 aromatic carbocycles. The topological polar surface area (TPSA) is 32.3 Å². The number of aromatic hydroxyl groups is 1. The minimum atomic E-state index is 0.104. The van der Waals surface area contributed by atoms with E-state index in [-0.39, 0.29) is 11.8 Å². The first kappa shape index (κ1) is 13.4. The van der Waals surface area contributed by atoms with Crippen LogP contribution in [0.1, 0.15) is 18.5 Å². The van der Waals surface area contributed by atoms with E-state index < -0.39 is 0 Å². The van der Waals surface area contributed by atoms with Gasteiger partial charge in [0.05, 0.1) is 5.69 Å². The van der Waals surface area contributed by atoms with Crippen LogP contribution in [0.2, 0.25) is 0 Å². The highest BCUT2D eigenvalue weighted by molar-refractivity contribution is 9.11. The van der Waals surface area contributed by atoms with Crippen molar-refractivity contribution in [2.45, 2.75) is 13.0 Å². The van der Waals surface area contributed by atoms with E-state index in [1.807, 2.05) is 30.3 Å². The molecule has 2 aromatic rings. The third-order valence-electron chi connectivity index (χ3n) is 2.69. The lowest BCUT2D eigenvalue weighted by Crippen LogP contribution is -2.07. The van der Waals surface area contributed by atoms with Gasteiger partial charge in [0.2, 0.25) is 0 Å². The van der Waals surface area contributed by atoms with Gasteiger partial charge in [-0.25, -0.2) is 0 Å². The number of nitrogens with one attached hydrogen (secondary N) is 1. The molecule has 0 heterocycles. The summed E-state index contributed by atoms with van der Waals surface area (Å²) in [5.41, 5.74) is 2.05. The third-order valence-corrected chi connectivity index (χ3v) is 4.02. The first-order valence-electron chi connectivity index (χ1n) is 5.57. The van der Waals surface area contributed by atoms with Gasteiger partial charge < -0.3 is 10.4 Å². The minimum absolute atomic E-state index is 0.104. The van der Waals surface area contributed by atoms with Gasteiger partial charge in [0.15, 0.2) is 0 Å². The molecule has 0 aromatic heterocycles. The van der Waals surface area contributed by atoms with Gasteiger partial charge in [-0.3, -0.25) is 0 Å². The molecule has 1 unspecified atom stereocenters. The van der Waals surface area contributed by atoms with Crippen molar-refractivity contribution in [3.63, 3.8) is 0 Å². The Morgan fingerprint density at radius 1 is 1.06 bits per heavy atom. The fourth-order valence-corrected chi connectivity index (χ4v) is 2.96. The molecule has 0 aliphatic heterocycles. The average molecular weight is 371 g/mol. The average Bonchev–Trinajstić information content (AvgIpc) is 2.34. The van der Waals surface area contributed by atoms with Crippen molar-refractivity contribution in [1.82, 2.24) is 0 Å². The molecule has 0 saturated heterocycles. The highest BCUT2D eigenvalue weighted by atomic mass is 79.9. The predicted molar refractivity (Wildman–Crippen MR) is 82.0 cm³/mol. The van der Waals surface area contributed by atoms with Crippen LogP contribution in [-0.2, 0) is 0 Å². The van der Waals surface area contributed by atoms with E-state index in [0.29, 0.717) is 0 Å². The van der Waals surface area contributed by atoms with Gasteiger partial charge in [-0.15, -0.1) is 0 Å². The second-order valence-corrected chi connectivity index (χ2v) is 5.77. The Hall–Kier alpha value is -1.00. The first-order chi connectivity index (χ1) is 8.58. The van der Waals surface area contributed by atoms with Crippen LogP contribution in [-0.4, -0.2) is 5.11 Å². The molecule has 0 aliphatic carbocycles. The molecule has 2 rings (SSSR count). The Balaban J connectivity index is 2.24. The van der Waals surface area contributed by atoms with Crippen molar-refractivity contribution in [1.29, 1.82) is 0 Å². The summed E-state index contributed by atoms with van der Waals surface area (Å²) in [4.78, 5) is 0. The standard InChI is InChI=1S/C14H13Br2NO/c1-9(10-4-2-5-11(18)8-10)17-14-12(15)6-3-7-13(14)16/h2-9,17-18H,1H3. The van der Waals surface area contributed by atoms with E-state index in [2.05, 4.69) is 44.1 Å². The molecular formula is C14H13Br2NO. The van der Waals surface area contributed by atoms with Gasteiger partial charge in [-0.2, -0.15) is 0 Å². The number of rotatable bonds is 3. The number of anilines is 1. The molecule has 2 N–H and O–H groups in total. The fraction of sp³-hybridized carbons (Fsp3) is 0.143. The van der Waals surface area contributed by atoms with Crippen molar-refractivity contribution in [2.75, 3.05) is 5.32 Å². The molecule has 0 fully saturated rings. The molecule has 94 valence electrons. The lowest BCUT2D eigenvalue weighted by molar-refractivity contribution is 0.474. The zero-order chi connectivity index (χ0) is 13.1. The lowest BCUT2D eigenvalue weighted by Gasteiger charge is -2.18. The molecule has 0 saturated carbocycles. The smallest absolute Gasteiger partial charge is 0.115 e. The van der Waals surface area contributed by atoms with E-state index in [1.165, 1.54) is 0 Å². The minimum Gasteiger partial charge on any atom is -0.508 e. The molecule has 0 bridgehead atoms. The number of para-hydroxylation sites is 1. The summed E-state index contributed by atoms with van der Waals surface area (Å²) in [7, 11) is 0. The van der Waals surface area contributed by atoms with Gasteiger partial charge in [-0.05, 0) is 68.6 Å². The number of phenolic OH excluding ortho intramolecular Hbond substituents is 1. The van der Waals surface area contributed by atoms with Crippen molar-refractivity contribution < 1.29 is 5.11 Å². The van der Waals surface area contributed by atoms with Gasteiger partial charge in [0, 0.05) is 15.0 Å². The first-order valence-corrected chi connectivity index (χ1v) is 7.16. The third kappa shape index (κ3) is 3.06. The fourth-order valence-electron chi connectivity index (χ4n) is 1.73. The van der Waals surface area contributed by atoms with E-state index in [0.717, 1.165) is 20.2 Å². The van der Waals surface area contributed by atoms with Crippen molar-refractivity contribution >= 4 is 37.5 Å². The largest absolute Gasteiger partial charge is 0.508 e. The molecule has 0 amide bonds. The molecule has 1 atom stereocenters. The summed E-state index contributed by atoms with van der Waals surface area (Å²) in [5, 5.41) is 12.9. The van der Waals surface area contributed by atoms with Gasteiger partial charge in [0.1, 0.15) is 5.75 Å². The van der Waals surface area contributed by atoms with Crippen molar-refractivity contribution in [3.8, 4) is 5.75 Å². The maximum atomic E-state index is 9.49. The number of hydrogen-bond donors (Lipinski definition) is 2. The monoisotopic (exact) mass is 369 g/mol. The Morgan fingerprint density at radius 2 is 1.67 bits per heavy atom. The lowest BCUT2D eigenvalue weighted by atomic mass is 10.1. The summed E-state index contributed by atoms with van der Waals surface area (Å²) in [6, 6.07) is 13.3. The maximum absolute atomic E-state index is 9.49. The Morgan fingerprint density at radius 3 is 2.28 bits per heavy atom. The van der Waals surface area contributed by atoms with E-state index in [1.54, 1.807) is 12.1 Å². The molecule has 2 nitrogen and oxygen atoms in total. The zero-order valence-electron chi connectivity index (χ0n) is 9.82. The molecule has 0 radical (unpaired) electrons. The van der Waals surface area contributed by atoms with Crippen LogP contribution in [0.5, 0.6) is 5.75 Å². The van der Waals surface area contributed by atoms with E-state index in [4.69, 9.17) is 0 Å². The Bertz CT molecular complexity index is 537. The van der Waals surface area contributed by atoms with Gasteiger partial charge in [0.25, 0.3) is 0 Å². The number of hydrogen-bond acceptors (Lipinski definition) is 2. The van der Waals surface area contributed by atoms with Crippen LogP contribution in [0.4, 0.5) is 5.69 Å². The quantitative estimate of drug-likeness (QED) is 0.788. The van der Waals surface area contributed by atoms with Crippen LogP contribution in [0.15, 0.2) is 51.4 Å². The Kier molecular flexibility index (Phi) is 4.30. The Labute approximate surface area is 123 Å². The van der Waals surface area contributed by atoms with Gasteiger partial charge in [-0.1, -0.05) is 18.2 Å². The van der Waals surface area contributed by atoms with Crippen LogP contribution in [0.3, 0.4) is 0 Å². The van der Waals surface area contributed by atoms with Crippen LogP contribution >= 0.6 is 31.9 Å².